The van der Waals surface area contributed by atoms with E-state index in [1.165, 1.54) is 17.7 Å². The molecule has 0 saturated heterocycles. The van der Waals surface area contributed by atoms with Crippen LogP contribution in [0.15, 0.2) is 0 Å². The van der Waals surface area contributed by atoms with Gasteiger partial charge in [0.2, 0.25) is 0 Å². The lowest BCUT2D eigenvalue weighted by atomic mass is 9.85. The Bertz CT molecular complexity index is 580. The number of thiazole rings is 1. The van der Waals surface area contributed by atoms with E-state index in [1.807, 2.05) is 0 Å². The number of fused-ring (bicyclic) bond motifs is 3. The van der Waals surface area contributed by atoms with Gasteiger partial charge in [0.05, 0.1) is 17.9 Å². The number of aryl methyl sites for hydroxylation is 2. The molecule has 0 unspecified atom stereocenters. The highest BCUT2D eigenvalue weighted by Crippen LogP contribution is 2.48. The fraction of sp³-hybridized carbons (Fsp3) is 0.750. The van der Waals surface area contributed by atoms with Crippen molar-refractivity contribution in [3.8, 4) is 0 Å². The van der Waals surface area contributed by atoms with Gasteiger partial charge >= 0.3 is 6.03 Å². The number of amides is 2. The molecule has 0 spiro atoms. The smallest absolute Gasteiger partial charge is 0.321 e. The Hall–Kier alpha value is -1.18. The Balaban J connectivity index is 1.29. The van der Waals surface area contributed by atoms with Crippen molar-refractivity contribution in [2.24, 2.45) is 17.8 Å². The van der Waals surface area contributed by atoms with Crippen molar-refractivity contribution in [1.82, 2.24) is 10.3 Å². The summed E-state index contributed by atoms with van der Waals surface area (Å²) in [6.45, 7) is 0.544. The molecule has 0 radical (unpaired) electrons. The van der Waals surface area contributed by atoms with Crippen LogP contribution in [0, 0.1) is 17.8 Å². The normalized spacial score (nSPS) is 35.1. The molecular formula is C16H23N3O3S. The van der Waals surface area contributed by atoms with Gasteiger partial charge in [-0.15, -0.1) is 11.3 Å². The molecule has 5 atom stereocenters. The van der Waals surface area contributed by atoms with Crippen LogP contribution in [0.4, 0.5) is 9.93 Å². The Kier molecular flexibility index (Phi) is 4.03. The van der Waals surface area contributed by atoms with Crippen molar-refractivity contribution < 1.29 is 15.0 Å². The minimum absolute atomic E-state index is 0.113. The number of hydrogen-bond donors (Lipinski definition) is 4. The van der Waals surface area contributed by atoms with Crippen LogP contribution >= 0.6 is 11.3 Å². The zero-order chi connectivity index (χ0) is 16.0. The number of hydrogen-bond acceptors (Lipinski definition) is 5. The maximum atomic E-state index is 12.1. The number of rotatable bonds is 3. The van der Waals surface area contributed by atoms with E-state index in [9.17, 15) is 15.0 Å². The van der Waals surface area contributed by atoms with Gasteiger partial charge in [-0.25, -0.2) is 9.78 Å². The Morgan fingerprint density at radius 1 is 1.22 bits per heavy atom. The van der Waals surface area contributed by atoms with Gasteiger partial charge in [0.1, 0.15) is 0 Å². The van der Waals surface area contributed by atoms with Crippen molar-refractivity contribution in [3.05, 3.63) is 10.6 Å². The van der Waals surface area contributed by atoms with E-state index >= 15 is 0 Å². The lowest BCUT2D eigenvalue weighted by molar-refractivity contribution is -0.0330. The second-order valence-electron chi connectivity index (χ2n) is 7.07. The predicted molar refractivity (Wildman–Crippen MR) is 87.5 cm³/mol. The molecule has 2 bridgehead atoms. The topological polar surface area (TPSA) is 94.5 Å². The van der Waals surface area contributed by atoms with Gasteiger partial charge in [-0.1, -0.05) is 0 Å². The van der Waals surface area contributed by atoms with Gasteiger partial charge in [-0.3, -0.25) is 5.32 Å². The van der Waals surface area contributed by atoms with E-state index in [1.54, 1.807) is 11.3 Å². The lowest BCUT2D eigenvalue weighted by Crippen LogP contribution is -2.42. The number of urea groups is 1. The first-order chi connectivity index (χ1) is 11.1. The fourth-order valence-corrected chi connectivity index (χ4v) is 5.48. The molecule has 1 aromatic heterocycles. The summed E-state index contributed by atoms with van der Waals surface area (Å²) >= 11 is 1.58. The second-order valence-corrected chi connectivity index (χ2v) is 8.15. The standard InChI is InChI=1S/C16H23N3O3S/c20-13-8-5-9(10(6-8)14(13)21)7-17-15(22)19-16-18-11-3-1-2-4-12(11)23-16/h8-10,13-14,20-21H,1-7H2,(H2,17,18,19,22)/t8-,9-,10-,13+,14-/m1/s1. The number of carbonyl (C=O) groups excluding carboxylic acids is 1. The van der Waals surface area contributed by atoms with Crippen molar-refractivity contribution in [3.63, 3.8) is 0 Å². The molecule has 2 saturated carbocycles. The van der Waals surface area contributed by atoms with Crippen LogP contribution < -0.4 is 10.6 Å². The highest BCUT2D eigenvalue weighted by molar-refractivity contribution is 7.15. The first kappa shape index (κ1) is 15.4. The largest absolute Gasteiger partial charge is 0.390 e. The first-order valence-electron chi connectivity index (χ1n) is 8.51. The molecule has 2 amide bonds. The first-order valence-corrected chi connectivity index (χ1v) is 9.33. The van der Waals surface area contributed by atoms with Gasteiger partial charge in [0, 0.05) is 11.4 Å². The highest BCUT2D eigenvalue weighted by atomic mass is 32.1. The lowest BCUT2D eigenvalue weighted by Gasteiger charge is -2.29. The fourth-order valence-electron chi connectivity index (χ4n) is 4.44. The highest BCUT2D eigenvalue weighted by Gasteiger charge is 2.51. The molecule has 23 heavy (non-hydrogen) atoms. The van der Waals surface area contributed by atoms with E-state index in [-0.39, 0.29) is 23.8 Å². The Morgan fingerprint density at radius 3 is 2.78 bits per heavy atom. The molecule has 7 heteroatoms. The summed E-state index contributed by atoms with van der Waals surface area (Å²) in [5.41, 5.74) is 1.14. The number of carbonyl (C=O) groups is 1. The molecule has 1 aromatic rings. The van der Waals surface area contributed by atoms with Crippen LogP contribution in [0.1, 0.15) is 36.3 Å². The van der Waals surface area contributed by atoms with Gasteiger partial charge in [0.25, 0.3) is 0 Å². The average Bonchev–Trinajstić information content (AvgIpc) is 3.20. The van der Waals surface area contributed by atoms with E-state index in [0.717, 1.165) is 31.4 Å². The number of aromatic nitrogens is 1. The summed E-state index contributed by atoms with van der Waals surface area (Å²) < 4.78 is 0. The molecule has 6 nitrogen and oxygen atoms in total. The predicted octanol–water partition coefficient (Wildman–Crippen LogP) is 1.52. The summed E-state index contributed by atoms with van der Waals surface area (Å²) in [5.74, 6) is 0.562. The van der Waals surface area contributed by atoms with Crippen LogP contribution in [0.3, 0.4) is 0 Å². The summed E-state index contributed by atoms with van der Waals surface area (Å²) in [7, 11) is 0. The third-order valence-corrected chi connectivity index (χ3v) is 6.72. The average molecular weight is 337 g/mol. The van der Waals surface area contributed by atoms with E-state index in [0.29, 0.717) is 11.7 Å². The van der Waals surface area contributed by atoms with Crippen LogP contribution in [0.25, 0.3) is 0 Å². The van der Waals surface area contributed by atoms with Gasteiger partial charge < -0.3 is 15.5 Å². The zero-order valence-electron chi connectivity index (χ0n) is 13.0. The van der Waals surface area contributed by atoms with Gasteiger partial charge in [0.15, 0.2) is 5.13 Å². The van der Waals surface area contributed by atoms with Crippen LogP contribution in [0.5, 0.6) is 0 Å². The summed E-state index contributed by atoms with van der Waals surface area (Å²) in [5, 5.41) is 26.2. The maximum Gasteiger partial charge on any atom is 0.321 e. The van der Waals surface area contributed by atoms with Crippen LogP contribution in [-0.2, 0) is 12.8 Å². The molecule has 2 fully saturated rings. The van der Waals surface area contributed by atoms with Crippen molar-refractivity contribution in [2.75, 3.05) is 11.9 Å². The molecule has 126 valence electrons. The minimum Gasteiger partial charge on any atom is -0.390 e. The molecule has 0 aromatic carbocycles. The SMILES string of the molecule is O=C(NC[C@H]1C[C@@H]2C[C@H]1[C@@H](O)[C@H]2O)Nc1nc2c(s1)CCCC2. The van der Waals surface area contributed by atoms with Gasteiger partial charge in [-0.2, -0.15) is 0 Å². The van der Waals surface area contributed by atoms with E-state index in [2.05, 4.69) is 15.6 Å². The number of nitrogens with one attached hydrogen (secondary N) is 2. The van der Waals surface area contributed by atoms with Crippen molar-refractivity contribution in [1.29, 1.82) is 0 Å². The Labute approximate surface area is 139 Å². The maximum absolute atomic E-state index is 12.1. The number of anilines is 1. The molecule has 3 aliphatic rings. The number of aliphatic hydroxyl groups is 2. The Morgan fingerprint density at radius 2 is 2.04 bits per heavy atom. The summed E-state index contributed by atoms with van der Waals surface area (Å²) in [6.07, 6.45) is 5.02. The number of aliphatic hydroxyl groups excluding tert-OH is 2. The summed E-state index contributed by atoms with van der Waals surface area (Å²) in [4.78, 5) is 17.9. The second kappa shape index (κ2) is 6.03. The zero-order valence-corrected chi connectivity index (χ0v) is 13.8. The van der Waals surface area contributed by atoms with E-state index in [4.69, 9.17) is 0 Å². The quantitative estimate of drug-likeness (QED) is 0.673. The van der Waals surface area contributed by atoms with Crippen LogP contribution in [-0.4, -0.2) is 40.0 Å². The number of nitrogens with zero attached hydrogens (tertiary/aromatic N) is 1. The molecular weight excluding hydrogens is 314 g/mol. The van der Waals surface area contributed by atoms with Gasteiger partial charge in [-0.05, 0) is 56.3 Å². The third-order valence-electron chi connectivity index (χ3n) is 5.65. The molecule has 1 heterocycles. The monoisotopic (exact) mass is 337 g/mol. The van der Waals surface area contributed by atoms with Crippen molar-refractivity contribution in [2.45, 2.75) is 50.7 Å². The summed E-state index contributed by atoms with van der Waals surface area (Å²) in [6, 6.07) is -0.228. The van der Waals surface area contributed by atoms with Crippen molar-refractivity contribution >= 4 is 22.5 Å². The molecule has 3 aliphatic carbocycles. The molecule has 4 rings (SSSR count). The minimum atomic E-state index is -0.630. The third kappa shape index (κ3) is 2.86. The molecule has 0 aliphatic heterocycles. The molecule has 4 N–H and O–H groups in total. The van der Waals surface area contributed by atoms with E-state index < -0.39 is 12.2 Å². The van der Waals surface area contributed by atoms with Crippen LogP contribution in [0.2, 0.25) is 0 Å².